The van der Waals surface area contributed by atoms with Crippen LogP contribution in [0, 0.1) is 5.92 Å². The van der Waals surface area contributed by atoms with E-state index in [1.807, 2.05) is 6.92 Å². The summed E-state index contributed by atoms with van der Waals surface area (Å²) in [6, 6.07) is 0.189. The smallest absolute Gasteiger partial charge is 0.246 e. The fourth-order valence-corrected chi connectivity index (χ4v) is 0.987. The molecule has 0 fully saturated rings. The van der Waals surface area contributed by atoms with Crippen LogP contribution in [0.15, 0.2) is 0 Å². The quantitative estimate of drug-likeness (QED) is 0.423. The molecular formula is C8H18N2O2. The lowest BCUT2D eigenvalue weighted by Crippen LogP contribution is -2.26. The molecule has 0 aromatic carbocycles. The summed E-state index contributed by atoms with van der Waals surface area (Å²) in [5, 5.41) is 8.29. The molecule has 0 aliphatic rings. The van der Waals surface area contributed by atoms with Gasteiger partial charge in [0.15, 0.2) is 0 Å². The van der Waals surface area contributed by atoms with Gasteiger partial charge in [-0.2, -0.15) is 0 Å². The van der Waals surface area contributed by atoms with Crippen molar-refractivity contribution < 1.29 is 10.0 Å². The Kier molecular flexibility index (Phi) is 5.66. The van der Waals surface area contributed by atoms with Crippen LogP contribution in [0.2, 0.25) is 0 Å². The van der Waals surface area contributed by atoms with Crippen molar-refractivity contribution in [3.63, 3.8) is 0 Å². The van der Waals surface area contributed by atoms with E-state index >= 15 is 0 Å². The fraction of sp³-hybridized carbons (Fsp3) is 0.875. The van der Waals surface area contributed by atoms with Gasteiger partial charge in [0.05, 0.1) is 0 Å². The number of rotatable bonds is 5. The van der Waals surface area contributed by atoms with Crippen LogP contribution in [-0.2, 0) is 4.79 Å². The van der Waals surface area contributed by atoms with Gasteiger partial charge in [-0.1, -0.05) is 13.3 Å². The van der Waals surface area contributed by atoms with E-state index in [0.717, 1.165) is 19.3 Å². The molecule has 72 valence electrons. The van der Waals surface area contributed by atoms with E-state index in [2.05, 4.69) is 0 Å². The molecule has 0 bridgehead atoms. The molecule has 0 aromatic rings. The Labute approximate surface area is 73.1 Å². The van der Waals surface area contributed by atoms with Crippen LogP contribution in [-0.4, -0.2) is 17.2 Å². The number of hydroxylamine groups is 1. The first kappa shape index (κ1) is 11.4. The standard InChI is InChI=1S/C8H18N2O2/c1-6(8(11)10-12)4-3-5-7(2)9/h6-7,12H,3-5,9H2,1-2H3,(H,10,11). The summed E-state index contributed by atoms with van der Waals surface area (Å²) in [6.45, 7) is 3.73. The molecule has 12 heavy (non-hydrogen) atoms. The maximum atomic E-state index is 10.8. The summed E-state index contributed by atoms with van der Waals surface area (Å²) < 4.78 is 0. The van der Waals surface area contributed by atoms with Gasteiger partial charge in [0.1, 0.15) is 0 Å². The molecule has 0 saturated heterocycles. The van der Waals surface area contributed by atoms with Crippen molar-refractivity contribution >= 4 is 5.91 Å². The predicted octanol–water partition coefficient (Wildman–Crippen LogP) is 0.645. The highest BCUT2D eigenvalue weighted by molar-refractivity contribution is 5.76. The van der Waals surface area contributed by atoms with Gasteiger partial charge in [0.25, 0.3) is 0 Å². The molecular weight excluding hydrogens is 156 g/mol. The van der Waals surface area contributed by atoms with E-state index in [-0.39, 0.29) is 17.9 Å². The second kappa shape index (κ2) is 5.97. The lowest BCUT2D eigenvalue weighted by atomic mass is 10.0. The molecule has 0 rings (SSSR count). The van der Waals surface area contributed by atoms with E-state index in [9.17, 15) is 4.79 Å². The van der Waals surface area contributed by atoms with Crippen molar-refractivity contribution in [2.75, 3.05) is 0 Å². The van der Waals surface area contributed by atoms with Gasteiger partial charge in [-0.05, 0) is 19.8 Å². The van der Waals surface area contributed by atoms with E-state index in [1.54, 1.807) is 12.4 Å². The molecule has 0 aromatic heterocycles. The van der Waals surface area contributed by atoms with Gasteiger partial charge in [-0.15, -0.1) is 0 Å². The summed E-state index contributed by atoms with van der Waals surface area (Å²) in [5.41, 5.74) is 7.17. The number of hydrogen-bond donors (Lipinski definition) is 3. The third-order valence-electron chi connectivity index (χ3n) is 1.85. The largest absolute Gasteiger partial charge is 0.328 e. The van der Waals surface area contributed by atoms with Crippen LogP contribution in [0.4, 0.5) is 0 Å². The Balaban J connectivity index is 3.43. The topological polar surface area (TPSA) is 75.4 Å². The zero-order chi connectivity index (χ0) is 9.56. The molecule has 4 N–H and O–H groups in total. The predicted molar refractivity (Wildman–Crippen MR) is 46.6 cm³/mol. The number of hydrogen-bond acceptors (Lipinski definition) is 3. The van der Waals surface area contributed by atoms with E-state index in [1.165, 1.54) is 0 Å². The second-order valence-electron chi connectivity index (χ2n) is 3.29. The number of nitrogens with one attached hydrogen (secondary N) is 1. The van der Waals surface area contributed by atoms with Gasteiger partial charge in [-0.25, -0.2) is 5.48 Å². The molecule has 0 saturated carbocycles. The van der Waals surface area contributed by atoms with Crippen LogP contribution < -0.4 is 11.2 Å². The lowest BCUT2D eigenvalue weighted by Gasteiger charge is -2.09. The normalized spacial score (nSPS) is 15.3. The summed E-state index contributed by atoms with van der Waals surface area (Å²) in [4.78, 5) is 10.8. The van der Waals surface area contributed by atoms with Crippen molar-refractivity contribution in [2.45, 2.75) is 39.2 Å². The summed E-state index contributed by atoms with van der Waals surface area (Å²) in [5.74, 6) is -0.451. The number of amides is 1. The molecule has 0 radical (unpaired) electrons. The van der Waals surface area contributed by atoms with Crippen molar-refractivity contribution in [1.29, 1.82) is 0 Å². The average Bonchev–Trinajstić information content (AvgIpc) is 2.02. The molecule has 2 atom stereocenters. The first-order valence-electron chi connectivity index (χ1n) is 4.27. The van der Waals surface area contributed by atoms with Crippen LogP contribution in [0.5, 0.6) is 0 Å². The van der Waals surface area contributed by atoms with Gasteiger partial charge in [0, 0.05) is 12.0 Å². The maximum Gasteiger partial charge on any atom is 0.246 e. The Morgan fingerprint density at radius 1 is 1.50 bits per heavy atom. The van der Waals surface area contributed by atoms with Crippen molar-refractivity contribution in [3.8, 4) is 0 Å². The van der Waals surface area contributed by atoms with Crippen molar-refractivity contribution in [3.05, 3.63) is 0 Å². The monoisotopic (exact) mass is 174 g/mol. The van der Waals surface area contributed by atoms with Crippen molar-refractivity contribution in [1.82, 2.24) is 5.48 Å². The molecule has 0 heterocycles. The minimum Gasteiger partial charge on any atom is -0.328 e. The SMILES string of the molecule is CC(N)CCCC(C)C(=O)NO. The minimum atomic E-state index is -0.320. The first-order chi connectivity index (χ1) is 5.57. The highest BCUT2D eigenvalue weighted by Gasteiger charge is 2.10. The summed E-state index contributed by atoms with van der Waals surface area (Å²) in [6.07, 6.45) is 2.61. The van der Waals surface area contributed by atoms with Crippen LogP contribution >= 0.6 is 0 Å². The summed E-state index contributed by atoms with van der Waals surface area (Å²) in [7, 11) is 0. The number of nitrogens with two attached hydrogens (primary N) is 1. The van der Waals surface area contributed by atoms with E-state index in [4.69, 9.17) is 10.9 Å². The Hall–Kier alpha value is -0.610. The second-order valence-corrected chi connectivity index (χ2v) is 3.29. The first-order valence-corrected chi connectivity index (χ1v) is 4.27. The third-order valence-corrected chi connectivity index (χ3v) is 1.85. The fourth-order valence-electron chi connectivity index (χ4n) is 0.987. The molecule has 4 nitrogen and oxygen atoms in total. The molecule has 0 spiro atoms. The Bertz CT molecular complexity index is 137. The zero-order valence-corrected chi connectivity index (χ0v) is 7.71. The van der Waals surface area contributed by atoms with Crippen LogP contribution in [0.3, 0.4) is 0 Å². The van der Waals surface area contributed by atoms with Gasteiger partial charge >= 0.3 is 0 Å². The lowest BCUT2D eigenvalue weighted by molar-refractivity contribution is -0.133. The van der Waals surface area contributed by atoms with Crippen LogP contribution in [0.25, 0.3) is 0 Å². The molecule has 2 unspecified atom stereocenters. The highest BCUT2D eigenvalue weighted by Crippen LogP contribution is 2.08. The molecule has 0 aliphatic carbocycles. The van der Waals surface area contributed by atoms with Gasteiger partial charge in [-0.3, -0.25) is 10.0 Å². The van der Waals surface area contributed by atoms with Crippen molar-refractivity contribution in [2.24, 2.45) is 11.7 Å². The third kappa shape index (κ3) is 5.09. The Morgan fingerprint density at radius 2 is 2.08 bits per heavy atom. The maximum absolute atomic E-state index is 10.8. The molecule has 4 heteroatoms. The average molecular weight is 174 g/mol. The van der Waals surface area contributed by atoms with Gasteiger partial charge in [0.2, 0.25) is 5.91 Å². The number of carbonyl (C=O) groups is 1. The molecule has 0 aliphatic heterocycles. The Morgan fingerprint density at radius 3 is 2.50 bits per heavy atom. The number of carbonyl (C=O) groups excluding carboxylic acids is 1. The van der Waals surface area contributed by atoms with E-state index in [0.29, 0.717) is 0 Å². The van der Waals surface area contributed by atoms with E-state index < -0.39 is 0 Å². The molecule has 1 amide bonds. The van der Waals surface area contributed by atoms with Crippen LogP contribution in [0.1, 0.15) is 33.1 Å². The summed E-state index contributed by atoms with van der Waals surface area (Å²) >= 11 is 0. The zero-order valence-electron chi connectivity index (χ0n) is 7.71. The van der Waals surface area contributed by atoms with Gasteiger partial charge < -0.3 is 5.73 Å². The highest BCUT2D eigenvalue weighted by atomic mass is 16.5. The minimum absolute atomic E-state index is 0.131.